The van der Waals surface area contributed by atoms with Crippen LogP contribution in [-0.2, 0) is 19.1 Å². The van der Waals surface area contributed by atoms with Gasteiger partial charge in [0, 0.05) is 13.8 Å². The van der Waals surface area contributed by atoms with Gasteiger partial charge in [-0.3, -0.25) is 9.59 Å². The normalized spacial score (nSPS) is 30.7. The van der Waals surface area contributed by atoms with E-state index in [-0.39, 0.29) is 0 Å². The molecule has 0 radical (unpaired) electrons. The second kappa shape index (κ2) is 11.5. The molecule has 2 amide bonds. The minimum atomic E-state index is -1.63. The van der Waals surface area contributed by atoms with Crippen LogP contribution >= 0.6 is 0 Å². The molecule has 1 rings (SSSR count). The van der Waals surface area contributed by atoms with E-state index >= 15 is 0 Å². The van der Waals surface area contributed by atoms with E-state index in [0.717, 1.165) is 6.92 Å². The molecule has 1 heterocycles. The van der Waals surface area contributed by atoms with Gasteiger partial charge in [0.15, 0.2) is 6.29 Å². The smallest absolute Gasteiger partial charge is 0.217 e. The molecule has 0 bridgehead atoms. The summed E-state index contributed by atoms with van der Waals surface area (Å²) in [5.41, 5.74) is -0.699. The van der Waals surface area contributed by atoms with Crippen LogP contribution in [0.2, 0.25) is 0 Å². The predicted molar refractivity (Wildman–Crippen MR) is 106 cm³/mol. The van der Waals surface area contributed by atoms with Crippen LogP contribution in [0.5, 0.6) is 0 Å². The van der Waals surface area contributed by atoms with Gasteiger partial charge in [0.1, 0.15) is 42.7 Å². The monoisotopic (exact) mass is 452 g/mol. The van der Waals surface area contributed by atoms with Gasteiger partial charge in [-0.1, -0.05) is 20.8 Å². The number of rotatable bonds is 9. The lowest BCUT2D eigenvalue weighted by Gasteiger charge is -2.45. The highest BCUT2D eigenvalue weighted by molar-refractivity contribution is 5.73. The van der Waals surface area contributed by atoms with E-state index in [0.29, 0.717) is 0 Å². The Labute approximate surface area is 181 Å². The molecule has 9 atom stereocenters. The molecule has 8 N–H and O–H groups in total. The minimum Gasteiger partial charge on any atom is -0.394 e. The second-order valence-electron chi connectivity index (χ2n) is 8.82. The van der Waals surface area contributed by atoms with Gasteiger partial charge < -0.3 is 50.7 Å². The molecule has 0 aromatic rings. The first kappa shape index (κ1) is 27.7. The van der Waals surface area contributed by atoms with Gasteiger partial charge in [0.05, 0.1) is 19.3 Å². The molecular formula is C19H36N2O10. The van der Waals surface area contributed by atoms with Gasteiger partial charge >= 0.3 is 0 Å². The summed E-state index contributed by atoms with van der Waals surface area (Å²) < 4.78 is 11.2. The van der Waals surface area contributed by atoms with Crippen molar-refractivity contribution in [3.8, 4) is 0 Å². The fraction of sp³-hybridized carbons (Fsp3) is 0.895. The Kier molecular flexibility index (Phi) is 10.2. The molecular weight excluding hydrogens is 416 g/mol. The highest BCUT2D eigenvalue weighted by atomic mass is 16.7. The van der Waals surface area contributed by atoms with E-state index in [4.69, 9.17) is 9.47 Å². The zero-order valence-electron chi connectivity index (χ0n) is 18.4. The summed E-state index contributed by atoms with van der Waals surface area (Å²) in [4.78, 5) is 23.2. The number of hydrogen-bond acceptors (Lipinski definition) is 10. The maximum Gasteiger partial charge on any atom is 0.217 e. The van der Waals surface area contributed by atoms with E-state index in [2.05, 4.69) is 10.6 Å². The van der Waals surface area contributed by atoms with Crippen molar-refractivity contribution < 1.29 is 49.7 Å². The first-order valence-electron chi connectivity index (χ1n) is 10.0. The zero-order chi connectivity index (χ0) is 24.1. The maximum atomic E-state index is 11.7. The molecule has 1 saturated heterocycles. The van der Waals surface area contributed by atoms with Gasteiger partial charge in [-0.05, 0) is 5.41 Å². The number of amides is 2. The topological polar surface area (TPSA) is 198 Å². The molecule has 182 valence electrons. The second-order valence-corrected chi connectivity index (χ2v) is 8.82. The summed E-state index contributed by atoms with van der Waals surface area (Å²) in [5.74, 6) is -1.03. The van der Waals surface area contributed by atoms with Crippen molar-refractivity contribution in [1.82, 2.24) is 10.6 Å². The average molecular weight is 453 g/mol. The predicted octanol–water partition coefficient (Wildman–Crippen LogP) is -3.42. The molecule has 1 fully saturated rings. The van der Waals surface area contributed by atoms with Crippen molar-refractivity contribution in [1.29, 1.82) is 0 Å². The Bertz CT molecular complexity index is 599. The fourth-order valence-electron chi connectivity index (χ4n) is 3.47. The van der Waals surface area contributed by atoms with Crippen molar-refractivity contribution in [2.45, 2.75) is 89.6 Å². The summed E-state index contributed by atoms with van der Waals surface area (Å²) in [5, 5.41) is 65.7. The van der Waals surface area contributed by atoms with Crippen LogP contribution in [0.3, 0.4) is 0 Å². The highest BCUT2D eigenvalue weighted by Gasteiger charge is 2.48. The van der Waals surface area contributed by atoms with Gasteiger partial charge in [0.25, 0.3) is 0 Å². The van der Waals surface area contributed by atoms with E-state index in [9.17, 15) is 40.2 Å². The van der Waals surface area contributed by atoms with Crippen molar-refractivity contribution >= 4 is 11.8 Å². The first-order valence-corrected chi connectivity index (χ1v) is 10.0. The van der Waals surface area contributed by atoms with Crippen LogP contribution in [-0.4, -0.2) is 111 Å². The molecule has 12 nitrogen and oxygen atoms in total. The number of nitrogens with one attached hydrogen (secondary N) is 2. The van der Waals surface area contributed by atoms with Gasteiger partial charge in [-0.2, -0.15) is 0 Å². The number of carbonyl (C=O) groups is 2. The summed E-state index contributed by atoms with van der Waals surface area (Å²) in [6, 6.07) is -2.24. The number of hydrogen-bond donors (Lipinski definition) is 8. The number of aliphatic hydroxyl groups excluding tert-OH is 6. The van der Waals surface area contributed by atoms with E-state index in [1.165, 1.54) is 6.92 Å². The fourth-order valence-corrected chi connectivity index (χ4v) is 3.47. The number of ether oxygens (including phenoxy) is 2. The van der Waals surface area contributed by atoms with Crippen LogP contribution in [0, 0.1) is 5.41 Å². The van der Waals surface area contributed by atoms with Crippen molar-refractivity contribution in [3.63, 3.8) is 0 Å². The minimum absolute atomic E-state index is 0.444. The van der Waals surface area contributed by atoms with Gasteiger partial charge in [0.2, 0.25) is 11.8 Å². The third-order valence-electron chi connectivity index (χ3n) is 5.08. The Hall–Kier alpha value is -1.38. The third-order valence-corrected chi connectivity index (χ3v) is 5.08. The molecule has 31 heavy (non-hydrogen) atoms. The highest BCUT2D eigenvalue weighted by Crippen LogP contribution is 2.29. The van der Waals surface area contributed by atoms with Gasteiger partial charge in [-0.15, -0.1) is 0 Å². The SMILES string of the molecule is CC(=O)NC1C(OC(C(O)C(NC(C)=O)C(C)(C)C)[C@@H](O)CO)OC(CO)C(O)C1O. The lowest BCUT2D eigenvalue weighted by molar-refractivity contribution is -0.300. The van der Waals surface area contributed by atoms with Crippen LogP contribution in [0.1, 0.15) is 34.6 Å². The molecule has 0 aromatic heterocycles. The molecule has 8 unspecified atom stereocenters. The Morgan fingerprint density at radius 1 is 1.06 bits per heavy atom. The first-order chi connectivity index (χ1) is 14.2. The van der Waals surface area contributed by atoms with Crippen LogP contribution in [0.25, 0.3) is 0 Å². The quantitative estimate of drug-likeness (QED) is 0.174. The zero-order valence-corrected chi connectivity index (χ0v) is 18.4. The lowest BCUT2D eigenvalue weighted by atomic mass is 9.80. The Balaban J connectivity index is 3.27. The molecule has 1 aliphatic heterocycles. The molecule has 12 heteroatoms. The summed E-state index contributed by atoms with van der Waals surface area (Å²) in [6.07, 6.45) is -10.7. The number of aliphatic hydroxyl groups is 6. The van der Waals surface area contributed by atoms with E-state index in [1.807, 2.05) is 0 Å². The largest absolute Gasteiger partial charge is 0.394 e. The van der Waals surface area contributed by atoms with Crippen molar-refractivity contribution in [3.05, 3.63) is 0 Å². The van der Waals surface area contributed by atoms with Gasteiger partial charge in [-0.25, -0.2) is 0 Å². The van der Waals surface area contributed by atoms with Crippen molar-refractivity contribution in [2.75, 3.05) is 13.2 Å². The van der Waals surface area contributed by atoms with E-state index in [1.54, 1.807) is 20.8 Å². The number of carbonyl (C=O) groups excluding carboxylic acids is 2. The third kappa shape index (κ3) is 7.32. The molecule has 0 saturated carbocycles. The van der Waals surface area contributed by atoms with E-state index < -0.39 is 85.4 Å². The van der Waals surface area contributed by atoms with Crippen LogP contribution in [0.15, 0.2) is 0 Å². The molecule has 0 aliphatic carbocycles. The molecule has 0 spiro atoms. The average Bonchev–Trinajstić information content (AvgIpc) is 2.66. The Morgan fingerprint density at radius 2 is 1.65 bits per heavy atom. The summed E-state index contributed by atoms with van der Waals surface area (Å²) in [7, 11) is 0. The molecule has 1 aliphatic rings. The standard InChI is InChI=1S/C19H36N2O10/c1-8(24)20-12-14(28)13(27)11(7-23)30-18(12)31-16(10(26)6-22)15(29)17(19(3,4)5)21-9(2)25/h10-18,22-23,26-29H,6-7H2,1-5H3,(H,20,24)(H,21,25)/t10-,11?,12?,13?,14?,15?,16?,17?,18?/m0/s1. The molecule has 0 aromatic carbocycles. The maximum absolute atomic E-state index is 11.7. The lowest BCUT2D eigenvalue weighted by Crippen LogP contribution is -2.67. The summed E-state index contributed by atoms with van der Waals surface area (Å²) in [6.45, 7) is 6.12. The summed E-state index contributed by atoms with van der Waals surface area (Å²) >= 11 is 0. The van der Waals surface area contributed by atoms with Crippen LogP contribution in [0.4, 0.5) is 0 Å². The Morgan fingerprint density at radius 3 is 2.06 bits per heavy atom. The van der Waals surface area contributed by atoms with Crippen molar-refractivity contribution in [2.24, 2.45) is 5.41 Å². The van der Waals surface area contributed by atoms with Crippen LogP contribution < -0.4 is 10.6 Å².